The number of nitrogens with zero attached hydrogens (tertiary/aromatic N) is 2. The Hall–Kier alpha value is 0.230. The van der Waals surface area contributed by atoms with Crippen molar-refractivity contribution in [2.75, 3.05) is 32.4 Å². The van der Waals surface area contributed by atoms with E-state index < -0.39 is 0 Å². The van der Waals surface area contributed by atoms with Crippen LogP contribution in [0.5, 0.6) is 0 Å². The third-order valence-electron chi connectivity index (χ3n) is 3.65. The van der Waals surface area contributed by atoms with Crippen molar-refractivity contribution < 1.29 is 4.74 Å². The van der Waals surface area contributed by atoms with Gasteiger partial charge in [-0.05, 0) is 32.9 Å². The van der Waals surface area contributed by atoms with Gasteiger partial charge in [0.25, 0.3) is 0 Å². The Bertz CT molecular complexity index is 209. The van der Waals surface area contributed by atoms with Crippen LogP contribution >= 0.6 is 11.9 Å². The van der Waals surface area contributed by atoms with E-state index in [4.69, 9.17) is 4.74 Å². The summed E-state index contributed by atoms with van der Waals surface area (Å²) in [7, 11) is 0. The van der Waals surface area contributed by atoms with Gasteiger partial charge in [0.15, 0.2) is 0 Å². The van der Waals surface area contributed by atoms with E-state index >= 15 is 0 Å². The zero-order valence-electron chi connectivity index (χ0n) is 10.7. The summed E-state index contributed by atoms with van der Waals surface area (Å²) in [6, 6.07) is 0.789. The molecule has 2 heterocycles. The summed E-state index contributed by atoms with van der Waals surface area (Å²) in [6.45, 7) is 9.11. The number of ether oxygens (including phenoxy) is 1. The van der Waals surface area contributed by atoms with Gasteiger partial charge in [0.05, 0.1) is 12.2 Å². The third-order valence-corrected chi connectivity index (χ3v) is 4.53. The Morgan fingerprint density at radius 2 is 1.62 bits per heavy atom. The molecule has 0 spiro atoms. The highest BCUT2D eigenvalue weighted by Crippen LogP contribution is 2.23. The van der Waals surface area contributed by atoms with Gasteiger partial charge >= 0.3 is 0 Å². The van der Waals surface area contributed by atoms with E-state index in [-0.39, 0.29) is 0 Å². The second kappa shape index (κ2) is 5.71. The van der Waals surface area contributed by atoms with Crippen molar-refractivity contribution in [3.05, 3.63) is 0 Å². The highest BCUT2D eigenvalue weighted by molar-refractivity contribution is 7.96. The van der Waals surface area contributed by atoms with Crippen LogP contribution in [0.4, 0.5) is 0 Å². The Balaban J connectivity index is 1.83. The van der Waals surface area contributed by atoms with Crippen molar-refractivity contribution >= 4 is 11.9 Å². The molecule has 4 heteroatoms. The maximum Gasteiger partial charge on any atom is 0.0678 e. The van der Waals surface area contributed by atoms with Crippen molar-refractivity contribution in [2.24, 2.45) is 0 Å². The number of rotatable bonds is 2. The van der Waals surface area contributed by atoms with E-state index in [0.717, 1.165) is 19.1 Å². The van der Waals surface area contributed by atoms with Crippen LogP contribution in [0.1, 0.15) is 26.7 Å². The number of hydrogen-bond donors (Lipinski definition) is 0. The van der Waals surface area contributed by atoms with E-state index in [2.05, 4.69) is 29.3 Å². The molecule has 3 nitrogen and oxygen atoms in total. The molecule has 0 amide bonds. The van der Waals surface area contributed by atoms with E-state index in [1.807, 2.05) is 11.9 Å². The predicted molar refractivity (Wildman–Crippen MR) is 69.7 cm³/mol. The molecule has 2 atom stereocenters. The van der Waals surface area contributed by atoms with E-state index in [1.165, 1.54) is 25.9 Å². The lowest BCUT2D eigenvalue weighted by molar-refractivity contribution is -0.0845. The van der Waals surface area contributed by atoms with E-state index in [9.17, 15) is 0 Å². The van der Waals surface area contributed by atoms with Crippen molar-refractivity contribution in [3.63, 3.8) is 0 Å². The Labute approximate surface area is 104 Å². The summed E-state index contributed by atoms with van der Waals surface area (Å²) in [5.74, 6) is 0. The summed E-state index contributed by atoms with van der Waals surface area (Å²) in [5.41, 5.74) is 0. The van der Waals surface area contributed by atoms with Crippen LogP contribution in [0.25, 0.3) is 0 Å². The fourth-order valence-corrected chi connectivity index (χ4v) is 3.48. The zero-order chi connectivity index (χ0) is 11.5. The predicted octanol–water partition coefficient (Wildman–Crippen LogP) is 1.84. The Kier molecular flexibility index (Phi) is 4.53. The van der Waals surface area contributed by atoms with Gasteiger partial charge in [-0.2, -0.15) is 0 Å². The minimum absolute atomic E-state index is 0.405. The topological polar surface area (TPSA) is 15.7 Å². The quantitative estimate of drug-likeness (QED) is 0.689. The molecule has 0 aromatic heterocycles. The highest BCUT2D eigenvalue weighted by Gasteiger charge is 2.30. The first-order chi connectivity index (χ1) is 7.69. The lowest BCUT2D eigenvalue weighted by Gasteiger charge is -2.43. The molecule has 2 fully saturated rings. The summed E-state index contributed by atoms with van der Waals surface area (Å²) < 4.78 is 8.27. The highest BCUT2D eigenvalue weighted by atomic mass is 32.2. The molecule has 0 saturated carbocycles. The molecule has 0 aliphatic carbocycles. The van der Waals surface area contributed by atoms with Crippen LogP contribution in [-0.2, 0) is 4.74 Å². The van der Waals surface area contributed by atoms with Gasteiger partial charge in [-0.3, -0.25) is 9.21 Å². The maximum absolute atomic E-state index is 5.79. The van der Waals surface area contributed by atoms with Gasteiger partial charge in [0, 0.05) is 32.2 Å². The largest absolute Gasteiger partial charge is 0.373 e. The third kappa shape index (κ3) is 3.13. The van der Waals surface area contributed by atoms with Crippen LogP contribution in [0.3, 0.4) is 0 Å². The van der Waals surface area contributed by atoms with Crippen molar-refractivity contribution in [1.29, 1.82) is 0 Å². The molecule has 0 N–H and O–H groups in total. The molecule has 2 aliphatic rings. The van der Waals surface area contributed by atoms with E-state index in [0.29, 0.717) is 12.2 Å². The molecule has 2 saturated heterocycles. The lowest BCUT2D eigenvalue weighted by atomic mass is 10.0. The Morgan fingerprint density at radius 1 is 1.06 bits per heavy atom. The van der Waals surface area contributed by atoms with Crippen molar-refractivity contribution in [1.82, 2.24) is 9.21 Å². The fraction of sp³-hybridized carbons (Fsp3) is 1.00. The van der Waals surface area contributed by atoms with Gasteiger partial charge in [0.1, 0.15) is 0 Å². The maximum atomic E-state index is 5.79. The number of piperidine rings is 1. The lowest BCUT2D eigenvalue weighted by Crippen LogP contribution is -2.52. The molecule has 0 bridgehead atoms. The van der Waals surface area contributed by atoms with Crippen LogP contribution in [-0.4, -0.2) is 59.9 Å². The molecular formula is C12H24N2OS. The second-order valence-electron chi connectivity index (χ2n) is 5.05. The minimum Gasteiger partial charge on any atom is -0.373 e. The van der Waals surface area contributed by atoms with Gasteiger partial charge < -0.3 is 4.74 Å². The van der Waals surface area contributed by atoms with Crippen LogP contribution in [0, 0.1) is 0 Å². The standard InChI is InChI=1S/C12H24N2OS/c1-10-8-13(9-11(2)15-10)12-4-6-14(16-3)7-5-12/h10-12H,4-9H2,1-3H3/t10-,11+. The van der Waals surface area contributed by atoms with Crippen LogP contribution < -0.4 is 0 Å². The number of morpholine rings is 1. The smallest absolute Gasteiger partial charge is 0.0678 e. The molecule has 94 valence electrons. The number of hydrogen-bond acceptors (Lipinski definition) is 4. The zero-order valence-corrected chi connectivity index (χ0v) is 11.5. The minimum atomic E-state index is 0.405. The van der Waals surface area contributed by atoms with Crippen molar-refractivity contribution in [3.8, 4) is 0 Å². The Morgan fingerprint density at radius 3 is 2.12 bits per heavy atom. The SMILES string of the molecule is CSN1CCC(N2C[C@@H](C)O[C@@H](C)C2)CC1. The molecule has 0 radical (unpaired) electrons. The van der Waals surface area contributed by atoms with Gasteiger partial charge in [0.2, 0.25) is 0 Å². The first kappa shape index (κ1) is 12.7. The first-order valence-electron chi connectivity index (χ1n) is 6.37. The molecule has 0 unspecified atom stereocenters. The first-order valence-corrected chi connectivity index (χ1v) is 7.55. The normalized spacial score (nSPS) is 35.4. The molecular weight excluding hydrogens is 220 g/mol. The fourth-order valence-electron chi connectivity index (χ4n) is 2.91. The molecule has 16 heavy (non-hydrogen) atoms. The van der Waals surface area contributed by atoms with Crippen molar-refractivity contribution in [2.45, 2.75) is 44.9 Å². The molecule has 0 aromatic carbocycles. The summed E-state index contributed by atoms with van der Waals surface area (Å²) in [6.07, 6.45) is 5.63. The average molecular weight is 244 g/mol. The molecule has 0 aromatic rings. The second-order valence-corrected chi connectivity index (χ2v) is 5.94. The van der Waals surface area contributed by atoms with Crippen LogP contribution in [0.2, 0.25) is 0 Å². The van der Waals surface area contributed by atoms with E-state index in [1.54, 1.807) is 0 Å². The monoisotopic (exact) mass is 244 g/mol. The summed E-state index contributed by atoms with van der Waals surface area (Å²) in [4.78, 5) is 2.65. The summed E-state index contributed by atoms with van der Waals surface area (Å²) in [5, 5.41) is 0. The average Bonchev–Trinajstić information content (AvgIpc) is 2.28. The molecule has 2 rings (SSSR count). The summed E-state index contributed by atoms with van der Waals surface area (Å²) >= 11 is 1.89. The van der Waals surface area contributed by atoms with Gasteiger partial charge in [-0.25, -0.2) is 0 Å². The van der Waals surface area contributed by atoms with Crippen LogP contribution in [0.15, 0.2) is 0 Å². The van der Waals surface area contributed by atoms with Gasteiger partial charge in [-0.1, -0.05) is 11.9 Å². The van der Waals surface area contributed by atoms with Gasteiger partial charge in [-0.15, -0.1) is 0 Å². The molecule has 2 aliphatic heterocycles.